The molecule has 0 unspecified atom stereocenters. The van der Waals surface area contributed by atoms with E-state index in [1.165, 1.54) is 0 Å². The molecule has 5 rings (SSSR count). The van der Waals surface area contributed by atoms with E-state index in [-0.39, 0.29) is 5.78 Å². The fourth-order valence-electron chi connectivity index (χ4n) is 3.85. The first kappa shape index (κ1) is 24.1. The summed E-state index contributed by atoms with van der Waals surface area (Å²) >= 11 is 0. The van der Waals surface area contributed by atoms with Crippen molar-refractivity contribution in [3.05, 3.63) is 107 Å². The molecule has 9 heteroatoms. The van der Waals surface area contributed by atoms with Crippen LogP contribution in [-0.4, -0.2) is 5.78 Å². The van der Waals surface area contributed by atoms with Gasteiger partial charge in [-0.2, -0.15) is 0 Å². The molecule has 0 fully saturated rings. The highest BCUT2D eigenvalue weighted by Gasteiger charge is 2.30. The third-order valence-electron chi connectivity index (χ3n) is 5.41. The highest BCUT2D eigenvalue weighted by molar-refractivity contribution is 6.18. The number of fused-ring (bicyclic) bond motifs is 3. The fourth-order valence-corrected chi connectivity index (χ4v) is 3.85. The predicted octanol–water partition coefficient (Wildman–Crippen LogP) is 8.15. The summed E-state index contributed by atoms with van der Waals surface area (Å²) < 4.78 is 104. The van der Waals surface area contributed by atoms with Gasteiger partial charge in [-0.1, -0.05) is 48.5 Å². The van der Waals surface area contributed by atoms with E-state index in [0.29, 0.717) is 0 Å². The third-order valence-corrected chi connectivity index (χ3v) is 5.41. The number of rotatable bonds is 1. The van der Waals surface area contributed by atoms with Crippen LogP contribution in [0.1, 0.15) is 17.3 Å². The second-order valence-electron chi connectivity index (χ2n) is 7.51. The first-order valence-electron chi connectivity index (χ1n) is 9.95. The van der Waals surface area contributed by atoms with Gasteiger partial charge < -0.3 is 0 Å². The first-order valence-corrected chi connectivity index (χ1v) is 9.95. The molecule has 0 saturated heterocycles. The van der Waals surface area contributed by atoms with Crippen molar-refractivity contribution in [2.24, 2.45) is 0 Å². The zero-order chi connectivity index (χ0) is 25.6. The Morgan fingerprint density at radius 3 is 1.14 bits per heavy atom. The Labute approximate surface area is 192 Å². The van der Waals surface area contributed by atoms with Gasteiger partial charge in [0.25, 0.3) is 0 Å². The van der Waals surface area contributed by atoms with Gasteiger partial charge in [0.15, 0.2) is 52.3 Å². The third kappa shape index (κ3) is 3.86. The number of carbonyl (C=O) groups is 1. The molecule has 0 aliphatic rings. The Bertz CT molecular complexity index is 1490. The maximum atomic E-state index is 13.1. The molecule has 0 atom stereocenters. The van der Waals surface area contributed by atoms with E-state index in [2.05, 4.69) is 6.07 Å². The molecule has 5 aromatic rings. The molecule has 0 aliphatic heterocycles. The molecule has 0 bridgehead atoms. The van der Waals surface area contributed by atoms with Crippen LogP contribution in [0.5, 0.6) is 0 Å². The van der Waals surface area contributed by atoms with Crippen molar-refractivity contribution in [2.75, 3.05) is 0 Å². The van der Waals surface area contributed by atoms with Gasteiger partial charge in [0, 0.05) is 5.56 Å². The molecule has 0 N–H and O–H groups in total. The largest absolute Gasteiger partial charge is 0.294 e. The number of hydrogen-bond acceptors (Lipinski definition) is 1. The monoisotopic (exact) mass is 492 g/mol. The minimum absolute atomic E-state index is 0.123. The van der Waals surface area contributed by atoms with E-state index in [1.54, 1.807) is 6.92 Å². The molecule has 178 valence electrons. The number of ketones is 1. The predicted molar refractivity (Wildman–Crippen MR) is 115 cm³/mol. The van der Waals surface area contributed by atoms with Gasteiger partial charge >= 0.3 is 0 Å². The summed E-state index contributed by atoms with van der Waals surface area (Å²) in [6.07, 6.45) is 0. The van der Waals surface area contributed by atoms with Crippen LogP contribution >= 0.6 is 0 Å². The summed E-state index contributed by atoms with van der Waals surface area (Å²) in [5, 5.41) is 0.663. The van der Waals surface area contributed by atoms with E-state index < -0.39 is 57.3 Å². The second kappa shape index (κ2) is 8.98. The SMILES string of the molecule is CC(=O)c1c2ccccc2cc2ccccc12.Fc1c(F)c(F)c2c(F)c(F)c(F)c(F)c2c1F. The molecule has 1 nitrogen and oxygen atoms in total. The molecular weight excluding hydrogens is 480 g/mol. The Hall–Kier alpha value is -4.01. The summed E-state index contributed by atoms with van der Waals surface area (Å²) in [5.74, 6) is -19.1. The fraction of sp³-hybridized carbons (Fsp3) is 0.0385. The number of benzene rings is 5. The smallest absolute Gasteiger partial charge is 0.198 e. The van der Waals surface area contributed by atoms with Gasteiger partial charge in [0.05, 0.1) is 10.8 Å². The average molecular weight is 492 g/mol. The van der Waals surface area contributed by atoms with Crippen molar-refractivity contribution in [2.45, 2.75) is 6.92 Å². The molecular formula is C26H12F8O. The first-order chi connectivity index (χ1) is 16.6. The van der Waals surface area contributed by atoms with Crippen molar-refractivity contribution < 1.29 is 39.9 Å². The topological polar surface area (TPSA) is 17.1 Å². The summed E-state index contributed by atoms with van der Waals surface area (Å²) in [6, 6.07) is 18.2. The Kier molecular flexibility index (Phi) is 6.19. The van der Waals surface area contributed by atoms with E-state index in [9.17, 15) is 39.9 Å². The van der Waals surface area contributed by atoms with Crippen molar-refractivity contribution in [1.82, 2.24) is 0 Å². The van der Waals surface area contributed by atoms with E-state index in [0.717, 1.165) is 27.1 Å². The molecule has 0 spiro atoms. The second-order valence-corrected chi connectivity index (χ2v) is 7.51. The van der Waals surface area contributed by atoms with E-state index in [1.807, 2.05) is 48.5 Å². The lowest BCUT2D eigenvalue weighted by Gasteiger charge is -2.08. The average Bonchev–Trinajstić information content (AvgIpc) is 2.85. The minimum Gasteiger partial charge on any atom is -0.294 e. The highest BCUT2D eigenvalue weighted by atomic mass is 19.2. The number of Topliss-reactive ketones (excluding diaryl/α,β-unsaturated/α-hetero) is 1. The van der Waals surface area contributed by atoms with Gasteiger partial charge in [-0.25, -0.2) is 35.1 Å². The molecule has 0 aliphatic carbocycles. The Morgan fingerprint density at radius 2 is 0.829 bits per heavy atom. The quantitative estimate of drug-likeness (QED) is 0.0759. The Balaban J connectivity index is 0.000000165. The molecule has 0 radical (unpaired) electrons. The van der Waals surface area contributed by atoms with Crippen molar-refractivity contribution in [1.29, 1.82) is 0 Å². The van der Waals surface area contributed by atoms with Crippen LogP contribution in [0.4, 0.5) is 35.1 Å². The number of carbonyl (C=O) groups excluding carboxylic acids is 1. The highest BCUT2D eigenvalue weighted by Crippen LogP contribution is 2.33. The van der Waals surface area contributed by atoms with Crippen molar-refractivity contribution in [3.8, 4) is 0 Å². The van der Waals surface area contributed by atoms with Crippen LogP contribution in [0.15, 0.2) is 54.6 Å². The lowest BCUT2D eigenvalue weighted by Crippen LogP contribution is -2.06. The van der Waals surface area contributed by atoms with Crippen LogP contribution in [0, 0.1) is 46.5 Å². The Morgan fingerprint density at radius 1 is 0.514 bits per heavy atom. The lowest BCUT2D eigenvalue weighted by atomic mass is 9.95. The van der Waals surface area contributed by atoms with Crippen LogP contribution < -0.4 is 0 Å². The summed E-state index contributed by atoms with van der Waals surface area (Å²) in [6.45, 7) is 1.63. The number of hydrogen-bond donors (Lipinski definition) is 0. The van der Waals surface area contributed by atoms with Gasteiger partial charge in [-0.05, 0) is 34.5 Å². The van der Waals surface area contributed by atoms with Crippen LogP contribution in [-0.2, 0) is 0 Å². The maximum Gasteiger partial charge on any atom is 0.198 e. The maximum absolute atomic E-state index is 13.1. The number of halogens is 8. The van der Waals surface area contributed by atoms with Crippen LogP contribution in [0.25, 0.3) is 32.3 Å². The van der Waals surface area contributed by atoms with Crippen LogP contribution in [0.3, 0.4) is 0 Å². The van der Waals surface area contributed by atoms with E-state index in [4.69, 9.17) is 0 Å². The molecule has 0 amide bonds. The molecule has 0 aromatic heterocycles. The van der Waals surface area contributed by atoms with Gasteiger partial charge in [0.2, 0.25) is 0 Å². The molecule has 5 aromatic carbocycles. The van der Waals surface area contributed by atoms with Crippen LogP contribution in [0.2, 0.25) is 0 Å². The zero-order valence-corrected chi connectivity index (χ0v) is 17.6. The van der Waals surface area contributed by atoms with Crippen molar-refractivity contribution in [3.63, 3.8) is 0 Å². The zero-order valence-electron chi connectivity index (χ0n) is 17.6. The molecule has 0 saturated carbocycles. The summed E-state index contributed by atoms with van der Waals surface area (Å²) in [7, 11) is 0. The molecule has 35 heavy (non-hydrogen) atoms. The summed E-state index contributed by atoms with van der Waals surface area (Å²) in [5.41, 5.74) is 0.832. The molecule has 0 heterocycles. The lowest BCUT2D eigenvalue weighted by molar-refractivity contribution is 0.102. The van der Waals surface area contributed by atoms with Gasteiger partial charge in [-0.15, -0.1) is 0 Å². The normalized spacial score (nSPS) is 11.1. The van der Waals surface area contributed by atoms with Crippen molar-refractivity contribution >= 4 is 38.1 Å². The minimum atomic E-state index is -2.45. The van der Waals surface area contributed by atoms with E-state index >= 15 is 0 Å². The van der Waals surface area contributed by atoms with Gasteiger partial charge in [-0.3, -0.25) is 4.79 Å². The van der Waals surface area contributed by atoms with Gasteiger partial charge in [0.1, 0.15) is 0 Å². The standard InChI is InChI=1S/C16H12O.C10F8/c1-11(17)16-14-8-4-2-6-12(14)10-13-7-3-5-9-15(13)16;11-3-1-2(5(13)9(17)7(3)15)6(14)10(18)8(16)4(1)12/h2-10H,1H3;. The summed E-state index contributed by atoms with van der Waals surface area (Å²) in [4.78, 5) is 11.9.